The molecule has 2 amide bonds. The third-order valence-electron chi connectivity index (χ3n) is 3.68. The van der Waals surface area contributed by atoms with E-state index in [9.17, 15) is 9.59 Å². The van der Waals surface area contributed by atoms with Crippen molar-refractivity contribution in [1.82, 2.24) is 9.78 Å². The van der Waals surface area contributed by atoms with Crippen LogP contribution in [0.3, 0.4) is 0 Å². The second-order valence-corrected chi connectivity index (χ2v) is 5.38. The molecule has 0 aliphatic heterocycles. The van der Waals surface area contributed by atoms with Crippen molar-refractivity contribution in [2.45, 2.75) is 40.2 Å². The monoisotopic (exact) mass is 344 g/mol. The van der Waals surface area contributed by atoms with Gasteiger partial charge in [0, 0.05) is 6.54 Å². The van der Waals surface area contributed by atoms with Gasteiger partial charge in [0.15, 0.2) is 5.82 Å². The lowest BCUT2D eigenvalue weighted by Crippen LogP contribution is -2.16. The van der Waals surface area contributed by atoms with Crippen molar-refractivity contribution in [3.05, 3.63) is 35.5 Å². The van der Waals surface area contributed by atoms with Crippen molar-refractivity contribution in [1.29, 1.82) is 0 Å². The Kier molecular flexibility index (Phi) is 6.56. The second kappa shape index (κ2) is 8.86. The number of hydrogen-bond acceptors (Lipinski definition) is 4. The van der Waals surface area contributed by atoms with Gasteiger partial charge < -0.3 is 15.4 Å². The first kappa shape index (κ1) is 18.5. The number of nitrogens with one attached hydrogen (secondary N) is 2. The third-order valence-corrected chi connectivity index (χ3v) is 3.68. The van der Waals surface area contributed by atoms with Gasteiger partial charge in [0.05, 0.1) is 17.9 Å². The molecule has 0 saturated carbocycles. The summed E-state index contributed by atoms with van der Waals surface area (Å²) >= 11 is 0. The molecule has 0 aliphatic rings. The minimum Gasteiger partial charge on any atom is -0.493 e. The number of carbonyl (C=O) groups is 2. The van der Waals surface area contributed by atoms with E-state index in [4.69, 9.17) is 4.74 Å². The zero-order chi connectivity index (χ0) is 18.2. The Bertz CT molecular complexity index is 740. The van der Waals surface area contributed by atoms with Gasteiger partial charge in [-0.2, -0.15) is 5.10 Å². The fourth-order valence-electron chi connectivity index (χ4n) is 2.60. The van der Waals surface area contributed by atoms with E-state index in [0.717, 1.165) is 12.1 Å². The van der Waals surface area contributed by atoms with Crippen molar-refractivity contribution < 1.29 is 14.3 Å². The number of carbonyl (C=O) groups excluding carboxylic acids is 2. The number of anilines is 2. The van der Waals surface area contributed by atoms with Crippen LogP contribution < -0.4 is 15.4 Å². The predicted molar refractivity (Wildman–Crippen MR) is 97.1 cm³/mol. The van der Waals surface area contributed by atoms with E-state index in [1.165, 1.54) is 0 Å². The Labute approximate surface area is 147 Å². The smallest absolute Gasteiger partial charge is 0.259 e. The summed E-state index contributed by atoms with van der Waals surface area (Å²) in [4.78, 5) is 23.7. The largest absolute Gasteiger partial charge is 0.493 e. The summed E-state index contributed by atoms with van der Waals surface area (Å²) in [6.07, 6.45) is 2.16. The average Bonchev–Trinajstić information content (AvgIpc) is 2.93. The Hall–Kier alpha value is -2.83. The predicted octanol–water partition coefficient (Wildman–Crippen LogP) is 3.07. The molecule has 0 bridgehead atoms. The molecule has 7 nitrogen and oxygen atoms in total. The van der Waals surface area contributed by atoms with Crippen LogP contribution >= 0.6 is 0 Å². The van der Waals surface area contributed by atoms with Crippen LogP contribution in [0, 0.1) is 0 Å². The summed E-state index contributed by atoms with van der Waals surface area (Å²) in [7, 11) is 0. The number of hydrogen-bond donors (Lipinski definition) is 2. The van der Waals surface area contributed by atoms with Gasteiger partial charge in [-0.05, 0) is 32.4 Å². The standard InChI is InChI=1S/C18H24N4O3/c1-4-9-14-16(17(19-12-23)22(5-2)21-14)20-18(24)13-10-7-8-11-15(13)25-6-3/h7-8,10-12H,4-6,9H2,1-3H3,(H,19,23)(H,20,24). The molecule has 0 aliphatic carbocycles. The molecule has 2 N–H and O–H groups in total. The summed E-state index contributed by atoms with van der Waals surface area (Å²) in [5, 5.41) is 10.0. The molecule has 2 aromatic rings. The molecule has 25 heavy (non-hydrogen) atoms. The van der Waals surface area contributed by atoms with Crippen LogP contribution in [0.1, 0.15) is 43.2 Å². The van der Waals surface area contributed by atoms with Gasteiger partial charge in [-0.3, -0.25) is 9.59 Å². The molecule has 2 rings (SSSR count). The first-order valence-corrected chi connectivity index (χ1v) is 8.49. The normalized spacial score (nSPS) is 10.4. The summed E-state index contributed by atoms with van der Waals surface area (Å²) in [6, 6.07) is 7.06. The van der Waals surface area contributed by atoms with E-state index >= 15 is 0 Å². The maximum atomic E-state index is 12.8. The molecular formula is C18H24N4O3. The van der Waals surface area contributed by atoms with E-state index in [1.807, 2.05) is 26.8 Å². The molecule has 0 radical (unpaired) electrons. The van der Waals surface area contributed by atoms with E-state index in [1.54, 1.807) is 22.9 Å². The van der Waals surface area contributed by atoms with Gasteiger partial charge >= 0.3 is 0 Å². The van der Waals surface area contributed by atoms with Gasteiger partial charge in [0.1, 0.15) is 11.4 Å². The molecule has 134 valence electrons. The highest BCUT2D eigenvalue weighted by atomic mass is 16.5. The van der Waals surface area contributed by atoms with Crippen molar-refractivity contribution >= 4 is 23.8 Å². The number of rotatable bonds is 9. The van der Waals surface area contributed by atoms with E-state index < -0.39 is 0 Å². The number of benzene rings is 1. The topological polar surface area (TPSA) is 85.3 Å². The number of aryl methyl sites for hydroxylation is 2. The lowest BCUT2D eigenvalue weighted by atomic mass is 10.1. The van der Waals surface area contributed by atoms with Gasteiger partial charge in [-0.1, -0.05) is 25.5 Å². The number of nitrogens with zero attached hydrogens (tertiary/aromatic N) is 2. The quantitative estimate of drug-likeness (QED) is 0.685. The van der Waals surface area contributed by atoms with Crippen LogP contribution in [0.4, 0.5) is 11.5 Å². The molecule has 0 saturated heterocycles. The molecule has 1 heterocycles. The van der Waals surface area contributed by atoms with E-state index in [0.29, 0.717) is 48.8 Å². The molecular weight excluding hydrogens is 320 g/mol. The lowest BCUT2D eigenvalue weighted by Gasteiger charge is -2.12. The minimum atomic E-state index is -0.300. The zero-order valence-corrected chi connectivity index (χ0v) is 14.8. The van der Waals surface area contributed by atoms with Gasteiger partial charge in [0.25, 0.3) is 5.91 Å². The Morgan fingerprint density at radius 2 is 2.04 bits per heavy atom. The molecule has 0 fully saturated rings. The van der Waals surface area contributed by atoms with Crippen LogP contribution in [0.25, 0.3) is 0 Å². The summed E-state index contributed by atoms with van der Waals surface area (Å²) in [6.45, 7) is 6.88. The molecule has 0 atom stereocenters. The maximum absolute atomic E-state index is 12.8. The Morgan fingerprint density at radius 1 is 1.28 bits per heavy atom. The van der Waals surface area contributed by atoms with E-state index in [-0.39, 0.29) is 5.91 Å². The van der Waals surface area contributed by atoms with Crippen molar-refractivity contribution in [2.75, 3.05) is 17.2 Å². The fourth-order valence-corrected chi connectivity index (χ4v) is 2.60. The SMILES string of the molecule is CCCc1nn(CC)c(NC=O)c1NC(=O)c1ccccc1OCC. The first-order valence-electron chi connectivity index (χ1n) is 8.49. The minimum absolute atomic E-state index is 0.300. The average molecular weight is 344 g/mol. The Morgan fingerprint density at radius 3 is 2.68 bits per heavy atom. The maximum Gasteiger partial charge on any atom is 0.259 e. The van der Waals surface area contributed by atoms with Crippen LogP contribution in [0.15, 0.2) is 24.3 Å². The number of amides is 2. The van der Waals surface area contributed by atoms with Crippen molar-refractivity contribution in [3.8, 4) is 5.75 Å². The van der Waals surface area contributed by atoms with Crippen molar-refractivity contribution in [2.24, 2.45) is 0 Å². The number of aromatic nitrogens is 2. The van der Waals surface area contributed by atoms with Crippen LogP contribution in [0.2, 0.25) is 0 Å². The van der Waals surface area contributed by atoms with Crippen LogP contribution in [0.5, 0.6) is 5.75 Å². The molecule has 1 aromatic heterocycles. The lowest BCUT2D eigenvalue weighted by molar-refractivity contribution is -0.105. The molecule has 1 aromatic carbocycles. The Balaban J connectivity index is 2.39. The van der Waals surface area contributed by atoms with Gasteiger partial charge in [0.2, 0.25) is 6.41 Å². The van der Waals surface area contributed by atoms with Crippen LogP contribution in [-0.4, -0.2) is 28.7 Å². The molecule has 7 heteroatoms. The first-order chi connectivity index (χ1) is 12.2. The van der Waals surface area contributed by atoms with Gasteiger partial charge in [-0.15, -0.1) is 0 Å². The van der Waals surface area contributed by atoms with Crippen LogP contribution in [-0.2, 0) is 17.8 Å². The molecule has 0 unspecified atom stereocenters. The zero-order valence-electron chi connectivity index (χ0n) is 14.8. The second-order valence-electron chi connectivity index (χ2n) is 5.38. The summed E-state index contributed by atoms with van der Waals surface area (Å²) < 4.78 is 7.19. The summed E-state index contributed by atoms with van der Waals surface area (Å²) in [5.41, 5.74) is 1.72. The van der Waals surface area contributed by atoms with Gasteiger partial charge in [-0.25, -0.2) is 4.68 Å². The number of ether oxygens (including phenoxy) is 1. The van der Waals surface area contributed by atoms with E-state index in [2.05, 4.69) is 15.7 Å². The number of para-hydroxylation sites is 1. The highest BCUT2D eigenvalue weighted by Crippen LogP contribution is 2.29. The summed E-state index contributed by atoms with van der Waals surface area (Å²) in [5.74, 6) is 0.710. The highest BCUT2D eigenvalue weighted by molar-refractivity contribution is 6.08. The van der Waals surface area contributed by atoms with Crippen molar-refractivity contribution in [3.63, 3.8) is 0 Å². The molecule has 0 spiro atoms. The fraction of sp³-hybridized carbons (Fsp3) is 0.389. The highest BCUT2D eigenvalue weighted by Gasteiger charge is 2.21. The third kappa shape index (κ3) is 4.17.